The van der Waals surface area contributed by atoms with Crippen LogP contribution in [0, 0.1) is 13.8 Å². The van der Waals surface area contributed by atoms with Crippen molar-refractivity contribution >= 4 is 22.9 Å². The lowest BCUT2D eigenvalue weighted by molar-refractivity contribution is 0.102. The van der Waals surface area contributed by atoms with Gasteiger partial charge in [-0.25, -0.2) is 9.67 Å². The van der Waals surface area contributed by atoms with E-state index in [1.807, 2.05) is 78.5 Å². The number of carbonyl (C=O) groups is 1. The van der Waals surface area contributed by atoms with Gasteiger partial charge < -0.3 is 5.32 Å². The van der Waals surface area contributed by atoms with E-state index in [2.05, 4.69) is 15.4 Å². The third-order valence-electron chi connectivity index (χ3n) is 4.19. The van der Waals surface area contributed by atoms with E-state index in [-0.39, 0.29) is 5.91 Å². The highest BCUT2D eigenvalue weighted by Gasteiger charge is 2.09. The molecule has 0 atom stereocenters. The highest BCUT2D eigenvalue weighted by atomic mass is 32.1. The molecule has 4 rings (SSSR count). The second-order valence-corrected chi connectivity index (χ2v) is 7.12. The van der Waals surface area contributed by atoms with Crippen molar-refractivity contribution in [1.29, 1.82) is 0 Å². The zero-order valence-electron chi connectivity index (χ0n) is 15.0. The first-order valence-electron chi connectivity index (χ1n) is 8.55. The number of hydrogen-bond donors (Lipinski definition) is 1. The lowest BCUT2D eigenvalue weighted by atomic mass is 10.1. The summed E-state index contributed by atoms with van der Waals surface area (Å²) < 4.78 is 1.83. The standard InChI is InChI=1S/C21H18N4OS/c1-14-13-27-21(23-14)17-8-6-16(7-9-17)20(26)24-18-4-3-5-19(12-18)25-15(2)10-11-22-25/h3-13H,1-2H3,(H,24,26). The van der Waals surface area contributed by atoms with Crippen LogP contribution in [0.1, 0.15) is 21.7 Å². The minimum atomic E-state index is -0.147. The van der Waals surface area contributed by atoms with Gasteiger partial charge in [0.15, 0.2) is 0 Å². The Morgan fingerprint density at radius 2 is 1.89 bits per heavy atom. The number of amides is 1. The van der Waals surface area contributed by atoms with Gasteiger partial charge in [-0.15, -0.1) is 11.3 Å². The molecule has 0 aliphatic rings. The summed E-state index contributed by atoms with van der Waals surface area (Å²) in [7, 11) is 0. The maximum atomic E-state index is 12.6. The minimum absolute atomic E-state index is 0.147. The number of thiazole rings is 1. The van der Waals surface area contributed by atoms with Crippen LogP contribution in [0.2, 0.25) is 0 Å². The molecule has 134 valence electrons. The van der Waals surface area contributed by atoms with E-state index in [9.17, 15) is 4.79 Å². The van der Waals surface area contributed by atoms with Crippen LogP contribution in [0.3, 0.4) is 0 Å². The van der Waals surface area contributed by atoms with Crippen molar-refractivity contribution in [3.05, 3.63) is 83.1 Å². The van der Waals surface area contributed by atoms with Crippen molar-refractivity contribution in [2.75, 3.05) is 5.32 Å². The maximum absolute atomic E-state index is 12.6. The van der Waals surface area contributed by atoms with E-state index in [1.165, 1.54) is 0 Å². The monoisotopic (exact) mass is 374 g/mol. The number of aryl methyl sites for hydroxylation is 2. The Labute approximate surface area is 161 Å². The van der Waals surface area contributed by atoms with Gasteiger partial charge >= 0.3 is 0 Å². The number of nitrogens with one attached hydrogen (secondary N) is 1. The fourth-order valence-electron chi connectivity index (χ4n) is 2.81. The summed E-state index contributed by atoms with van der Waals surface area (Å²) in [5, 5.41) is 10.2. The molecular formula is C21H18N4OS. The summed E-state index contributed by atoms with van der Waals surface area (Å²) in [6, 6.07) is 17.1. The zero-order chi connectivity index (χ0) is 18.8. The van der Waals surface area contributed by atoms with Crippen LogP contribution < -0.4 is 5.32 Å². The predicted octanol–water partition coefficient (Wildman–Crippen LogP) is 4.86. The predicted molar refractivity (Wildman–Crippen MR) is 109 cm³/mol. The quantitative estimate of drug-likeness (QED) is 0.555. The van der Waals surface area contributed by atoms with Crippen LogP contribution in [-0.4, -0.2) is 20.7 Å². The third kappa shape index (κ3) is 3.66. The van der Waals surface area contributed by atoms with Crippen molar-refractivity contribution in [3.63, 3.8) is 0 Å². The molecular weight excluding hydrogens is 356 g/mol. The van der Waals surface area contributed by atoms with Crippen LogP contribution in [0.15, 0.2) is 66.2 Å². The average molecular weight is 374 g/mol. The van der Waals surface area contributed by atoms with E-state index in [0.717, 1.165) is 33.3 Å². The number of anilines is 1. The van der Waals surface area contributed by atoms with Gasteiger partial charge in [0.25, 0.3) is 5.91 Å². The second-order valence-electron chi connectivity index (χ2n) is 6.26. The normalized spacial score (nSPS) is 10.7. The number of carbonyl (C=O) groups excluding carboxylic acids is 1. The Morgan fingerprint density at radius 3 is 2.56 bits per heavy atom. The van der Waals surface area contributed by atoms with Crippen LogP contribution in [0.25, 0.3) is 16.3 Å². The summed E-state index contributed by atoms with van der Waals surface area (Å²) in [5.41, 5.74) is 5.29. The molecule has 0 unspecified atom stereocenters. The molecule has 2 heterocycles. The highest BCUT2D eigenvalue weighted by Crippen LogP contribution is 2.24. The maximum Gasteiger partial charge on any atom is 0.255 e. The summed E-state index contributed by atoms with van der Waals surface area (Å²) in [5.74, 6) is -0.147. The van der Waals surface area contributed by atoms with E-state index in [4.69, 9.17) is 0 Å². The van der Waals surface area contributed by atoms with Crippen molar-refractivity contribution < 1.29 is 4.79 Å². The van der Waals surface area contributed by atoms with Gasteiger partial charge in [0.05, 0.1) is 5.69 Å². The minimum Gasteiger partial charge on any atom is -0.322 e. The second kappa shape index (κ2) is 7.17. The SMILES string of the molecule is Cc1csc(-c2ccc(C(=O)Nc3cccc(-n4nccc4C)c3)cc2)n1. The fourth-order valence-corrected chi connectivity index (χ4v) is 3.61. The average Bonchev–Trinajstić information content (AvgIpc) is 3.30. The van der Waals surface area contributed by atoms with Crippen LogP contribution >= 0.6 is 11.3 Å². The topological polar surface area (TPSA) is 59.8 Å². The Morgan fingerprint density at radius 1 is 1.07 bits per heavy atom. The Bertz CT molecular complexity index is 1100. The molecule has 0 saturated carbocycles. The van der Waals surface area contributed by atoms with Gasteiger partial charge in [0, 0.05) is 39.8 Å². The molecule has 0 fully saturated rings. The Hall–Kier alpha value is -3.25. The molecule has 27 heavy (non-hydrogen) atoms. The molecule has 4 aromatic rings. The fraction of sp³-hybridized carbons (Fsp3) is 0.0952. The molecule has 0 saturated heterocycles. The van der Waals surface area contributed by atoms with Crippen molar-refractivity contribution in [2.24, 2.45) is 0 Å². The number of aromatic nitrogens is 3. The first-order valence-corrected chi connectivity index (χ1v) is 9.43. The first-order chi connectivity index (χ1) is 13.1. The van der Waals surface area contributed by atoms with E-state index >= 15 is 0 Å². The molecule has 0 aliphatic heterocycles. The van der Waals surface area contributed by atoms with Gasteiger partial charge in [-0.05, 0) is 50.2 Å². The van der Waals surface area contributed by atoms with Crippen LogP contribution in [0.5, 0.6) is 0 Å². The molecule has 0 aliphatic carbocycles. The van der Waals surface area contributed by atoms with E-state index < -0.39 is 0 Å². The number of nitrogens with zero attached hydrogens (tertiary/aromatic N) is 3. The molecule has 0 spiro atoms. The van der Waals surface area contributed by atoms with Crippen LogP contribution in [-0.2, 0) is 0 Å². The van der Waals surface area contributed by atoms with Gasteiger partial charge in [0.1, 0.15) is 5.01 Å². The van der Waals surface area contributed by atoms with Crippen molar-refractivity contribution in [1.82, 2.24) is 14.8 Å². The molecule has 2 aromatic heterocycles. The lowest BCUT2D eigenvalue weighted by Crippen LogP contribution is -2.12. The molecule has 6 heteroatoms. The van der Waals surface area contributed by atoms with E-state index in [0.29, 0.717) is 5.56 Å². The Kier molecular flexibility index (Phi) is 4.56. The number of hydrogen-bond acceptors (Lipinski definition) is 4. The van der Waals surface area contributed by atoms with Crippen molar-refractivity contribution in [3.8, 4) is 16.3 Å². The van der Waals surface area contributed by atoms with E-state index in [1.54, 1.807) is 17.5 Å². The van der Waals surface area contributed by atoms with Gasteiger partial charge in [-0.3, -0.25) is 4.79 Å². The van der Waals surface area contributed by atoms with Crippen LogP contribution in [0.4, 0.5) is 5.69 Å². The molecule has 0 bridgehead atoms. The summed E-state index contributed by atoms with van der Waals surface area (Å²) in [4.78, 5) is 17.1. The largest absolute Gasteiger partial charge is 0.322 e. The van der Waals surface area contributed by atoms with Gasteiger partial charge in [-0.2, -0.15) is 5.10 Å². The summed E-state index contributed by atoms with van der Waals surface area (Å²) in [6.45, 7) is 3.96. The van der Waals surface area contributed by atoms with Crippen molar-refractivity contribution in [2.45, 2.75) is 13.8 Å². The molecule has 0 radical (unpaired) electrons. The summed E-state index contributed by atoms with van der Waals surface area (Å²) >= 11 is 1.60. The molecule has 5 nitrogen and oxygen atoms in total. The summed E-state index contributed by atoms with van der Waals surface area (Å²) in [6.07, 6.45) is 1.76. The molecule has 2 aromatic carbocycles. The Balaban J connectivity index is 1.52. The molecule has 1 amide bonds. The number of benzene rings is 2. The smallest absolute Gasteiger partial charge is 0.255 e. The molecule has 1 N–H and O–H groups in total. The van der Waals surface area contributed by atoms with Gasteiger partial charge in [0.2, 0.25) is 0 Å². The van der Waals surface area contributed by atoms with Gasteiger partial charge in [-0.1, -0.05) is 18.2 Å². The highest BCUT2D eigenvalue weighted by molar-refractivity contribution is 7.13. The lowest BCUT2D eigenvalue weighted by Gasteiger charge is -2.09. The first kappa shape index (κ1) is 17.2. The third-order valence-corrected chi connectivity index (χ3v) is 5.20. The number of rotatable bonds is 4. The zero-order valence-corrected chi connectivity index (χ0v) is 15.8.